The predicted molar refractivity (Wildman–Crippen MR) is 66.0 cm³/mol. The largest absolute Gasteiger partial charge is 0.464 e. The van der Waals surface area contributed by atoms with Crippen LogP contribution in [-0.4, -0.2) is 37.3 Å². The molecular formula is C13H19F3N2O. The third-order valence-corrected chi connectivity index (χ3v) is 3.53. The van der Waals surface area contributed by atoms with Crippen molar-refractivity contribution in [1.82, 2.24) is 10.2 Å². The zero-order chi connectivity index (χ0) is 14.0. The van der Waals surface area contributed by atoms with E-state index in [2.05, 4.69) is 5.32 Å². The van der Waals surface area contributed by atoms with E-state index in [0.717, 1.165) is 5.56 Å². The highest BCUT2D eigenvalue weighted by atomic mass is 19.4. The molecule has 0 radical (unpaired) electrons. The van der Waals surface area contributed by atoms with Gasteiger partial charge in [0.25, 0.3) is 0 Å². The second kappa shape index (κ2) is 5.54. The molecule has 1 fully saturated rings. The first kappa shape index (κ1) is 14.4. The van der Waals surface area contributed by atoms with Crippen molar-refractivity contribution in [3.8, 4) is 0 Å². The average Bonchev–Trinajstić information content (AvgIpc) is 2.66. The van der Waals surface area contributed by atoms with Crippen molar-refractivity contribution in [2.45, 2.75) is 32.5 Å². The lowest BCUT2D eigenvalue weighted by Gasteiger charge is -2.34. The number of rotatable bonds is 3. The highest BCUT2D eigenvalue weighted by Gasteiger charge is 2.37. The normalized spacial score (nSPS) is 19.6. The minimum absolute atomic E-state index is 0.425. The van der Waals surface area contributed by atoms with Gasteiger partial charge < -0.3 is 9.73 Å². The number of nitrogens with zero attached hydrogens (tertiary/aromatic N) is 1. The minimum Gasteiger partial charge on any atom is -0.464 e. The van der Waals surface area contributed by atoms with E-state index in [9.17, 15) is 13.2 Å². The number of furan rings is 1. The molecule has 0 spiro atoms. The Balaban J connectivity index is 2.22. The molecule has 0 bridgehead atoms. The van der Waals surface area contributed by atoms with Crippen LogP contribution in [0.2, 0.25) is 0 Å². The van der Waals surface area contributed by atoms with Gasteiger partial charge in [-0.25, -0.2) is 0 Å². The van der Waals surface area contributed by atoms with Gasteiger partial charge in [-0.3, -0.25) is 4.90 Å². The van der Waals surface area contributed by atoms with Gasteiger partial charge in [-0.2, -0.15) is 13.2 Å². The summed E-state index contributed by atoms with van der Waals surface area (Å²) in [6, 6.07) is 1.02. The van der Waals surface area contributed by atoms with Crippen molar-refractivity contribution in [1.29, 1.82) is 0 Å². The molecule has 2 heterocycles. The van der Waals surface area contributed by atoms with Crippen LogP contribution >= 0.6 is 0 Å². The van der Waals surface area contributed by atoms with Crippen molar-refractivity contribution in [2.75, 3.05) is 26.2 Å². The maximum absolute atomic E-state index is 12.8. The predicted octanol–water partition coefficient (Wildman–Crippen LogP) is 2.80. The molecule has 0 unspecified atom stereocenters. The van der Waals surface area contributed by atoms with Crippen LogP contribution in [-0.2, 0) is 0 Å². The van der Waals surface area contributed by atoms with E-state index < -0.39 is 18.6 Å². The first-order chi connectivity index (χ1) is 8.87. The van der Waals surface area contributed by atoms with Crippen molar-refractivity contribution >= 4 is 0 Å². The fourth-order valence-corrected chi connectivity index (χ4v) is 2.39. The summed E-state index contributed by atoms with van der Waals surface area (Å²) in [5.74, 6) is 1.12. The average molecular weight is 276 g/mol. The van der Waals surface area contributed by atoms with E-state index in [4.69, 9.17) is 4.42 Å². The number of hydrogen-bond donors (Lipinski definition) is 1. The highest BCUT2D eigenvalue weighted by molar-refractivity contribution is 5.21. The summed E-state index contributed by atoms with van der Waals surface area (Å²) >= 11 is 0. The summed E-state index contributed by atoms with van der Waals surface area (Å²) in [7, 11) is 0. The molecule has 0 saturated carbocycles. The summed E-state index contributed by atoms with van der Waals surface area (Å²) in [6.07, 6.45) is -5.05. The van der Waals surface area contributed by atoms with E-state index in [-0.39, 0.29) is 0 Å². The molecular weight excluding hydrogens is 257 g/mol. The Labute approximate surface area is 110 Å². The molecule has 2 rings (SSSR count). The van der Waals surface area contributed by atoms with Crippen molar-refractivity contribution < 1.29 is 17.6 Å². The van der Waals surface area contributed by atoms with Gasteiger partial charge in [-0.05, 0) is 25.5 Å². The summed E-state index contributed by atoms with van der Waals surface area (Å²) < 4.78 is 43.8. The molecule has 0 amide bonds. The molecule has 1 saturated heterocycles. The van der Waals surface area contributed by atoms with E-state index in [0.29, 0.717) is 37.7 Å². The highest BCUT2D eigenvalue weighted by Crippen LogP contribution is 2.35. The second-order valence-corrected chi connectivity index (χ2v) is 5.01. The van der Waals surface area contributed by atoms with Crippen molar-refractivity contribution in [3.05, 3.63) is 23.2 Å². The lowest BCUT2D eigenvalue weighted by molar-refractivity contribution is -0.150. The first-order valence-corrected chi connectivity index (χ1v) is 6.45. The molecule has 0 aromatic carbocycles. The quantitative estimate of drug-likeness (QED) is 0.920. The first-order valence-electron chi connectivity index (χ1n) is 6.45. The number of aryl methyl sites for hydroxylation is 2. The van der Waals surface area contributed by atoms with Gasteiger partial charge in [0.1, 0.15) is 11.5 Å². The summed E-state index contributed by atoms with van der Waals surface area (Å²) in [5, 5.41) is 3.15. The summed E-state index contributed by atoms with van der Waals surface area (Å²) in [6.45, 7) is 6.28. The van der Waals surface area contributed by atoms with Gasteiger partial charge in [0.05, 0.1) is 12.5 Å². The lowest BCUT2D eigenvalue weighted by Crippen LogP contribution is -2.46. The van der Waals surface area contributed by atoms with Crippen LogP contribution in [0.25, 0.3) is 0 Å². The monoisotopic (exact) mass is 276 g/mol. The van der Waals surface area contributed by atoms with Crippen LogP contribution in [0.5, 0.6) is 0 Å². The Kier molecular flexibility index (Phi) is 4.20. The molecule has 108 valence electrons. The number of piperazine rings is 1. The van der Waals surface area contributed by atoms with E-state index in [1.165, 1.54) is 0 Å². The van der Waals surface area contributed by atoms with E-state index in [1.54, 1.807) is 13.0 Å². The molecule has 1 aliphatic heterocycles. The van der Waals surface area contributed by atoms with Crippen molar-refractivity contribution in [3.63, 3.8) is 0 Å². The molecule has 1 N–H and O–H groups in total. The third kappa shape index (κ3) is 3.73. The third-order valence-electron chi connectivity index (χ3n) is 3.53. The van der Waals surface area contributed by atoms with Gasteiger partial charge in [-0.1, -0.05) is 0 Å². The summed E-state index contributed by atoms with van der Waals surface area (Å²) in [4.78, 5) is 1.85. The second-order valence-electron chi connectivity index (χ2n) is 5.01. The Bertz CT molecular complexity index is 403. The number of alkyl halides is 3. The molecule has 19 heavy (non-hydrogen) atoms. The SMILES string of the molecule is Cc1cc([C@@H](CC(F)(F)F)N2CCNCC2)oc1C. The smallest absolute Gasteiger partial charge is 0.391 e. The van der Waals surface area contributed by atoms with Crippen LogP contribution < -0.4 is 5.32 Å². The van der Waals surface area contributed by atoms with Crippen LogP contribution in [0.3, 0.4) is 0 Å². The lowest BCUT2D eigenvalue weighted by atomic mass is 10.1. The van der Waals surface area contributed by atoms with Gasteiger partial charge in [0.2, 0.25) is 0 Å². The van der Waals surface area contributed by atoms with Gasteiger partial charge in [-0.15, -0.1) is 0 Å². The number of hydrogen-bond acceptors (Lipinski definition) is 3. The number of nitrogens with one attached hydrogen (secondary N) is 1. The van der Waals surface area contributed by atoms with Crippen LogP contribution in [0, 0.1) is 13.8 Å². The van der Waals surface area contributed by atoms with Crippen LogP contribution in [0.1, 0.15) is 29.5 Å². The van der Waals surface area contributed by atoms with E-state index >= 15 is 0 Å². The molecule has 1 aromatic heterocycles. The van der Waals surface area contributed by atoms with Crippen LogP contribution in [0.15, 0.2) is 10.5 Å². The maximum Gasteiger partial charge on any atom is 0.391 e. The van der Waals surface area contributed by atoms with E-state index in [1.807, 2.05) is 11.8 Å². The van der Waals surface area contributed by atoms with Gasteiger partial charge in [0, 0.05) is 26.2 Å². The molecule has 0 aliphatic carbocycles. The molecule has 1 aromatic rings. The maximum atomic E-state index is 12.8. The standard InChI is InChI=1S/C13H19F3N2O/c1-9-7-12(19-10(9)2)11(8-13(14,15)16)18-5-3-17-4-6-18/h7,11,17H,3-6,8H2,1-2H3/t11-/m1/s1. The Morgan fingerprint density at radius 2 is 1.95 bits per heavy atom. The fourth-order valence-electron chi connectivity index (χ4n) is 2.39. The van der Waals surface area contributed by atoms with Crippen LogP contribution in [0.4, 0.5) is 13.2 Å². The zero-order valence-electron chi connectivity index (χ0n) is 11.2. The Hall–Kier alpha value is -1.01. The van der Waals surface area contributed by atoms with Gasteiger partial charge in [0.15, 0.2) is 0 Å². The fraction of sp³-hybridized carbons (Fsp3) is 0.692. The zero-order valence-corrected chi connectivity index (χ0v) is 11.2. The Morgan fingerprint density at radius 1 is 1.32 bits per heavy atom. The molecule has 1 aliphatic rings. The summed E-state index contributed by atoms with van der Waals surface area (Å²) in [5.41, 5.74) is 0.900. The topological polar surface area (TPSA) is 28.4 Å². The molecule has 6 heteroatoms. The van der Waals surface area contributed by atoms with Crippen molar-refractivity contribution in [2.24, 2.45) is 0 Å². The van der Waals surface area contributed by atoms with Gasteiger partial charge >= 0.3 is 6.18 Å². The Morgan fingerprint density at radius 3 is 2.42 bits per heavy atom. The minimum atomic E-state index is -4.19. The molecule has 3 nitrogen and oxygen atoms in total. The molecule has 1 atom stereocenters. The number of halogens is 3.